The molecule has 0 radical (unpaired) electrons. The van der Waals surface area contributed by atoms with Crippen molar-refractivity contribution >= 4 is 6.21 Å². The number of rotatable bonds is 6. The van der Waals surface area contributed by atoms with Crippen molar-refractivity contribution in [2.75, 3.05) is 0 Å². The number of halogens is 4. The molecule has 0 bridgehead atoms. The Kier molecular flexibility index (Phi) is 6.28. The van der Waals surface area contributed by atoms with E-state index >= 15 is 0 Å². The third-order valence-corrected chi connectivity index (χ3v) is 3.90. The van der Waals surface area contributed by atoms with Crippen LogP contribution in [0.3, 0.4) is 0 Å². The van der Waals surface area contributed by atoms with Crippen LogP contribution in [0.2, 0.25) is 0 Å². The van der Waals surface area contributed by atoms with Crippen LogP contribution in [0.25, 0.3) is 0 Å². The van der Waals surface area contributed by atoms with Gasteiger partial charge in [0.15, 0.2) is 0 Å². The minimum atomic E-state index is -3.08. The van der Waals surface area contributed by atoms with Crippen molar-refractivity contribution in [1.29, 1.82) is 0 Å². The van der Waals surface area contributed by atoms with Gasteiger partial charge in [-0.1, -0.05) is 0 Å². The van der Waals surface area contributed by atoms with Gasteiger partial charge in [0.2, 0.25) is 0 Å². The van der Waals surface area contributed by atoms with E-state index in [9.17, 15) is 17.6 Å². The quantitative estimate of drug-likeness (QED) is 0.561. The number of alkyl halides is 4. The second kappa shape index (κ2) is 8.21. The SMILES string of the molecule is C[C@@H]1CCC[C@H](C)N1/N=C\c1ccc(OC(F)F)cc1OC(F)F. The molecule has 1 aromatic carbocycles. The van der Waals surface area contributed by atoms with E-state index in [1.54, 1.807) is 0 Å². The maximum absolute atomic E-state index is 12.5. The molecule has 0 saturated carbocycles. The van der Waals surface area contributed by atoms with E-state index in [1.165, 1.54) is 18.3 Å². The highest BCUT2D eigenvalue weighted by Gasteiger charge is 2.23. The Morgan fingerprint density at radius 2 is 1.71 bits per heavy atom. The van der Waals surface area contributed by atoms with Crippen LogP contribution >= 0.6 is 0 Å². The fraction of sp³-hybridized carbons (Fsp3) is 0.562. The summed E-state index contributed by atoms with van der Waals surface area (Å²) >= 11 is 0. The molecule has 1 heterocycles. The number of ether oxygens (including phenoxy) is 2. The van der Waals surface area contributed by atoms with Crippen molar-refractivity contribution in [2.24, 2.45) is 5.10 Å². The highest BCUT2D eigenvalue weighted by atomic mass is 19.3. The maximum atomic E-state index is 12.5. The van der Waals surface area contributed by atoms with Gasteiger partial charge >= 0.3 is 13.2 Å². The molecule has 1 saturated heterocycles. The third-order valence-electron chi connectivity index (χ3n) is 3.90. The predicted molar refractivity (Wildman–Crippen MR) is 81.9 cm³/mol. The van der Waals surface area contributed by atoms with Crippen LogP contribution in [0.1, 0.15) is 38.7 Å². The summed E-state index contributed by atoms with van der Waals surface area (Å²) < 4.78 is 58.2. The Labute approximate surface area is 138 Å². The molecule has 1 fully saturated rings. The zero-order valence-corrected chi connectivity index (χ0v) is 13.5. The molecule has 0 amide bonds. The molecule has 0 aliphatic carbocycles. The van der Waals surface area contributed by atoms with Gasteiger partial charge in [-0.15, -0.1) is 0 Å². The van der Waals surface area contributed by atoms with Crippen LogP contribution in [0.4, 0.5) is 17.6 Å². The molecule has 2 rings (SSSR count). The zero-order chi connectivity index (χ0) is 17.7. The Morgan fingerprint density at radius 1 is 1.08 bits per heavy atom. The van der Waals surface area contributed by atoms with Crippen LogP contribution in [-0.2, 0) is 0 Å². The summed E-state index contributed by atoms with van der Waals surface area (Å²) in [6, 6.07) is 4.10. The predicted octanol–water partition coefficient (Wildman–Crippen LogP) is 4.49. The molecule has 24 heavy (non-hydrogen) atoms. The summed E-state index contributed by atoms with van der Waals surface area (Å²) in [4.78, 5) is 0. The number of nitrogens with zero attached hydrogens (tertiary/aromatic N) is 2. The van der Waals surface area contributed by atoms with E-state index in [4.69, 9.17) is 0 Å². The van der Waals surface area contributed by atoms with Crippen molar-refractivity contribution in [3.63, 3.8) is 0 Å². The number of hydrazone groups is 1. The molecule has 2 atom stereocenters. The van der Waals surface area contributed by atoms with E-state index < -0.39 is 13.2 Å². The lowest BCUT2D eigenvalue weighted by molar-refractivity contribution is -0.0543. The van der Waals surface area contributed by atoms with Crippen molar-refractivity contribution in [3.8, 4) is 11.5 Å². The van der Waals surface area contributed by atoms with E-state index in [2.05, 4.69) is 14.6 Å². The smallest absolute Gasteiger partial charge is 0.387 e. The number of piperidine rings is 1. The lowest BCUT2D eigenvalue weighted by Gasteiger charge is -2.36. The number of hydrogen-bond donors (Lipinski definition) is 0. The highest BCUT2D eigenvalue weighted by molar-refractivity contribution is 5.83. The van der Waals surface area contributed by atoms with Crippen LogP contribution in [-0.4, -0.2) is 36.5 Å². The van der Waals surface area contributed by atoms with Gasteiger partial charge in [0, 0.05) is 23.7 Å². The molecule has 1 aromatic rings. The molecule has 0 N–H and O–H groups in total. The second-order valence-corrected chi connectivity index (χ2v) is 5.71. The summed E-state index contributed by atoms with van der Waals surface area (Å²) in [6.07, 6.45) is 4.53. The third kappa shape index (κ3) is 5.01. The Hall–Kier alpha value is -1.99. The molecule has 134 valence electrons. The number of benzene rings is 1. The molecule has 0 unspecified atom stereocenters. The molecular formula is C16H20F4N2O2. The molecule has 0 spiro atoms. The van der Waals surface area contributed by atoms with Crippen molar-refractivity contribution in [2.45, 2.75) is 58.4 Å². The lowest BCUT2D eigenvalue weighted by atomic mass is 10.00. The van der Waals surface area contributed by atoms with E-state index in [0.717, 1.165) is 25.3 Å². The topological polar surface area (TPSA) is 34.1 Å². The molecule has 1 aliphatic heterocycles. The normalized spacial score (nSPS) is 21.8. The van der Waals surface area contributed by atoms with Gasteiger partial charge in [-0.2, -0.15) is 22.7 Å². The molecule has 0 aromatic heterocycles. The van der Waals surface area contributed by atoms with Gasteiger partial charge in [-0.3, -0.25) is 5.01 Å². The Balaban J connectivity index is 2.22. The largest absolute Gasteiger partial charge is 0.435 e. The fourth-order valence-corrected chi connectivity index (χ4v) is 2.76. The first-order chi connectivity index (χ1) is 11.4. The van der Waals surface area contributed by atoms with Gasteiger partial charge in [0.05, 0.1) is 6.21 Å². The minimum absolute atomic E-state index is 0.242. The summed E-state index contributed by atoms with van der Waals surface area (Å²) in [7, 11) is 0. The van der Waals surface area contributed by atoms with Crippen molar-refractivity contribution in [1.82, 2.24) is 5.01 Å². The van der Waals surface area contributed by atoms with Gasteiger partial charge in [-0.05, 0) is 45.2 Å². The van der Waals surface area contributed by atoms with Gasteiger partial charge < -0.3 is 9.47 Å². The first kappa shape index (κ1) is 18.4. The minimum Gasteiger partial charge on any atom is -0.435 e. The lowest BCUT2D eigenvalue weighted by Crippen LogP contribution is -2.39. The Bertz CT molecular complexity index is 559. The van der Waals surface area contributed by atoms with E-state index in [1.807, 2.05) is 18.9 Å². The van der Waals surface area contributed by atoms with Crippen molar-refractivity contribution in [3.05, 3.63) is 23.8 Å². The van der Waals surface area contributed by atoms with Crippen molar-refractivity contribution < 1.29 is 27.0 Å². The average Bonchev–Trinajstić information content (AvgIpc) is 2.47. The van der Waals surface area contributed by atoms with Crippen LogP contribution in [0.15, 0.2) is 23.3 Å². The second-order valence-electron chi connectivity index (χ2n) is 5.71. The molecule has 4 nitrogen and oxygen atoms in total. The van der Waals surface area contributed by atoms with Gasteiger partial charge in [0.25, 0.3) is 0 Å². The summed E-state index contributed by atoms with van der Waals surface area (Å²) in [6.45, 7) is -2.03. The molecule has 8 heteroatoms. The highest BCUT2D eigenvalue weighted by Crippen LogP contribution is 2.27. The fourth-order valence-electron chi connectivity index (χ4n) is 2.76. The first-order valence-electron chi connectivity index (χ1n) is 7.73. The van der Waals surface area contributed by atoms with E-state index in [0.29, 0.717) is 0 Å². The Morgan fingerprint density at radius 3 is 2.29 bits per heavy atom. The summed E-state index contributed by atoms with van der Waals surface area (Å²) in [5, 5.41) is 6.28. The van der Waals surface area contributed by atoms with E-state index in [-0.39, 0.29) is 29.1 Å². The van der Waals surface area contributed by atoms with Gasteiger partial charge in [-0.25, -0.2) is 0 Å². The molecule has 1 aliphatic rings. The zero-order valence-electron chi connectivity index (χ0n) is 13.5. The first-order valence-corrected chi connectivity index (χ1v) is 7.73. The van der Waals surface area contributed by atoms with Crippen LogP contribution in [0.5, 0.6) is 11.5 Å². The number of hydrogen-bond acceptors (Lipinski definition) is 4. The van der Waals surface area contributed by atoms with Crippen LogP contribution < -0.4 is 9.47 Å². The molecular weight excluding hydrogens is 328 g/mol. The maximum Gasteiger partial charge on any atom is 0.387 e. The van der Waals surface area contributed by atoms with Crippen LogP contribution in [0, 0.1) is 0 Å². The monoisotopic (exact) mass is 348 g/mol. The average molecular weight is 348 g/mol. The summed E-state index contributed by atoms with van der Waals surface area (Å²) in [5.74, 6) is -0.512. The standard InChI is InChI=1S/C16H20F4N2O2/c1-10-4-3-5-11(2)22(10)21-9-12-6-7-13(23-15(17)18)8-14(12)24-16(19)20/h6-11,15-16H,3-5H2,1-2H3/b21-9-/t10-,11+. The summed E-state index contributed by atoms with van der Waals surface area (Å²) in [5.41, 5.74) is 0.266. The van der Waals surface area contributed by atoms with Gasteiger partial charge in [0.1, 0.15) is 11.5 Å².